The van der Waals surface area contributed by atoms with Gasteiger partial charge in [-0.25, -0.2) is 0 Å². The highest BCUT2D eigenvalue weighted by Gasteiger charge is 2.12. The number of rotatable bonds is 6. The fourth-order valence-electron chi connectivity index (χ4n) is 1.64. The monoisotopic (exact) mass is 368 g/mol. The Morgan fingerprint density at radius 1 is 1.14 bits per heavy atom. The van der Waals surface area contributed by atoms with Gasteiger partial charge in [0.2, 0.25) is 5.78 Å². The molecular weight excluding hydrogens is 356 g/mol. The molecule has 0 bridgehead atoms. The summed E-state index contributed by atoms with van der Waals surface area (Å²) in [6.07, 6.45) is 0.130. The first-order valence-corrected chi connectivity index (χ1v) is 7.76. The van der Waals surface area contributed by atoms with E-state index < -0.39 is 5.97 Å². The zero-order valence-electron chi connectivity index (χ0n) is 11.3. The molecule has 0 amide bonds. The van der Waals surface area contributed by atoms with Gasteiger partial charge in [0.1, 0.15) is 5.75 Å². The molecule has 4 nitrogen and oxygen atoms in total. The van der Waals surface area contributed by atoms with E-state index in [1.807, 2.05) is 0 Å². The maximum Gasteiger partial charge on any atom is 0.310 e. The van der Waals surface area contributed by atoms with Crippen LogP contribution in [0.3, 0.4) is 0 Å². The molecule has 0 spiro atoms. The quantitative estimate of drug-likeness (QED) is 0.578. The Morgan fingerprint density at radius 3 is 2.43 bits per heavy atom. The fourth-order valence-corrected chi connectivity index (χ4v) is 2.95. The first kappa shape index (κ1) is 15.7. The number of ketones is 1. The Hall–Kier alpha value is -1.66. The summed E-state index contributed by atoms with van der Waals surface area (Å²) in [5.74, 6) is 0.100. The van der Waals surface area contributed by atoms with Crippen molar-refractivity contribution in [1.82, 2.24) is 0 Å². The van der Waals surface area contributed by atoms with Gasteiger partial charge in [-0.3, -0.25) is 9.59 Å². The van der Waals surface area contributed by atoms with Crippen LogP contribution in [0.15, 0.2) is 40.2 Å². The Labute approximate surface area is 134 Å². The third-order valence-electron chi connectivity index (χ3n) is 2.72. The second-order valence-electron chi connectivity index (χ2n) is 4.21. The summed E-state index contributed by atoms with van der Waals surface area (Å²) in [6, 6.07) is 10.6. The summed E-state index contributed by atoms with van der Waals surface area (Å²) >= 11 is 4.60. The van der Waals surface area contributed by atoms with Crippen LogP contribution < -0.4 is 4.74 Å². The van der Waals surface area contributed by atoms with E-state index >= 15 is 0 Å². The van der Waals surface area contributed by atoms with Crippen molar-refractivity contribution in [1.29, 1.82) is 0 Å². The molecule has 0 aliphatic heterocycles. The van der Waals surface area contributed by atoms with Crippen LogP contribution in [0, 0.1) is 0 Å². The molecule has 0 fully saturated rings. The average molecular weight is 369 g/mol. The van der Waals surface area contributed by atoms with Gasteiger partial charge in [-0.15, -0.1) is 11.3 Å². The number of carbonyl (C=O) groups is 2. The summed E-state index contributed by atoms with van der Waals surface area (Å²) in [7, 11) is 1.58. The molecule has 0 saturated carbocycles. The zero-order valence-corrected chi connectivity index (χ0v) is 13.7. The number of carbonyl (C=O) groups excluding carboxylic acids is 2. The predicted molar refractivity (Wildman–Crippen MR) is 84.0 cm³/mol. The number of benzene rings is 1. The zero-order chi connectivity index (χ0) is 15.2. The highest BCUT2D eigenvalue weighted by Crippen LogP contribution is 2.22. The summed E-state index contributed by atoms with van der Waals surface area (Å²) in [6.45, 7) is -0.234. The van der Waals surface area contributed by atoms with E-state index in [9.17, 15) is 9.59 Å². The first-order valence-electron chi connectivity index (χ1n) is 6.15. The fraction of sp³-hybridized carbons (Fsp3) is 0.200. The summed E-state index contributed by atoms with van der Waals surface area (Å²) in [5, 5.41) is 0. The maximum absolute atomic E-state index is 11.8. The van der Waals surface area contributed by atoms with Crippen LogP contribution in [0.4, 0.5) is 0 Å². The molecule has 0 radical (unpaired) electrons. The number of ether oxygens (including phenoxy) is 2. The molecule has 110 valence electrons. The van der Waals surface area contributed by atoms with E-state index in [1.165, 1.54) is 11.3 Å². The molecule has 1 heterocycles. The van der Waals surface area contributed by atoms with Gasteiger partial charge in [-0.1, -0.05) is 12.1 Å². The van der Waals surface area contributed by atoms with Crippen LogP contribution in [0.5, 0.6) is 5.75 Å². The van der Waals surface area contributed by atoms with Crippen LogP contribution >= 0.6 is 27.3 Å². The largest absolute Gasteiger partial charge is 0.497 e. The second-order valence-corrected chi connectivity index (χ2v) is 6.68. The van der Waals surface area contributed by atoms with Crippen molar-refractivity contribution in [2.75, 3.05) is 13.7 Å². The van der Waals surface area contributed by atoms with Crippen molar-refractivity contribution in [2.45, 2.75) is 6.42 Å². The lowest BCUT2D eigenvalue weighted by molar-refractivity contribution is -0.141. The summed E-state index contributed by atoms with van der Waals surface area (Å²) in [5.41, 5.74) is 0.812. The Morgan fingerprint density at radius 2 is 1.86 bits per heavy atom. The number of hydrogen-bond donors (Lipinski definition) is 0. The van der Waals surface area contributed by atoms with E-state index in [-0.39, 0.29) is 18.8 Å². The molecule has 0 unspecified atom stereocenters. The van der Waals surface area contributed by atoms with Crippen LogP contribution in [-0.2, 0) is 16.0 Å². The van der Waals surface area contributed by atoms with Crippen LogP contribution in [0.1, 0.15) is 15.2 Å². The average Bonchev–Trinajstić information content (AvgIpc) is 2.92. The van der Waals surface area contributed by atoms with Gasteiger partial charge in [-0.2, -0.15) is 0 Å². The minimum Gasteiger partial charge on any atom is -0.497 e. The lowest BCUT2D eigenvalue weighted by atomic mass is 10.1. The number of hydrogen-bond acceptors (Lipinski definition) is 5. The predicted octanol–water partition coefficient (Wildman–Crippen LogP) is 3.49. The standard InChI is InChI=1S/C15H13BrO4S/c1-19-11-4-2-10(3-5-11)8-15(18)20-9-12(17)13-6-7-14(16)21-13/h2-7H,8-9H2,1H3. The Balaban J connectivity index is 1.82. The van der Waals surface area contributed by atoms with Crippen LogP contribution in [0.2, 0.25) is 0 Å². The van der Waals surface area contributed by atoms with Gasteiger partial charge >= 0.3 is 5.97 Å². The molecule has 2 rings (SSSR count). The third kappa shape index (κ3) is 4.68. The van der Waals surface area contributed by atoms with E-state index in [1.54, 1.807) is 43.5 Å². The van der Waals surface area contributed by atoms with Crippen molar-refractivity contribution >= 4 is 39.0 Å². The van der Waals surface area contributed by atoms with Crippen molar-refractivity contribution in [3.8, 4) is 5.75 Å². The molecule has 6 heteroatoms. The Kier molecular flexibility index (Phi) is 5.52. The van der Waals surface area contributed by atoms with Gasteiger partial charge in [-0.05, 0) is 45.8 Å². The van der Waals surface area contributed by atoms with Crippen molar-refractivity contribution in [3.63, 3.8) is 0 Å². The van der Waals surface area contributed by atoms with E-state index in [0.717, 1.165) is 15.1 Å². The first-order chi connectivity index (χ1) is 10.1. The second kappa shape index (κ2) is 7.38. The SMILES string of the molecule is COc1ccc(CC(=O)OCC(=O)c2ccc(Br)s2)cc1. The molecular formula is C15H13BrO4S. The molecule has 2 aromatic rings. The number of halogens is 1. The van der Waals surface area contributed by atoms with Gasteiger partial charge in [0.05, 0.1) is 22.2 Å². The van der Waals surface area contributed by atoms with Crippen molar-refractivity contribution in [3.05, 3.63) is 50.6 Å². The molecule has 0 aliphatic carbocycles. The minimum absolute atomic E-state index is 0.130. The summed E-state index contributed by atoms with van der Waals surface area (Å²) < 4.78 is 10.9. The topological polar surface area (TPSA) is 52.6 Å². The minimum atomic E-state index is -0.427. The number of esters is 1. The van der Waals surface area contributed by atoms with E-state index in [4.69, 9.17) is 9.47 Å². The third-order valence-corrected chi connectivity index (χ3v) is 4.38. The lowest BCUT2D eigenvalue weighted by Gasteiger charge is -2.04. The van der Waals surface area contributed by atoms with E-state index in [0.29, 0.717) is 4.88 Å². The smallest absolute Gasteiger partial charge is 0.310 e. The molecule has 1 aromatic heterocycles. The van der Waals surface area contributed by atoms with Gasteiger partial charge in [0.25, 0.3) is 0 Å². The molecule has 0 N–H and O–H groups in total. The molecule has 21 heavy (non-hydrogen) atoms. The summed E-state index contributed by atoms with van der Waals surface area (Å²) in [4.78, 5) is 24.1. The highest BCUT2D eigenvalue weighted by atomic mass is 79.9. The number of methoxy groups -OCH3 is 1. The molecule has 0 atom stereocenters. The van der Waals surface area contributed by atoms with Gasteiger partial charge in [0, 0.05) is 0 Å². The van der Waals surface area contributed by atoms with Crippen molar-refractivity contribution in [2.24, 2.45) is 0 Å². The molecule has 0 saturated heterocycles. The Bertz CT molecular complexity index is 633. The highest BCUT2D eigenvalue weighted by molar-refractivity contribution is 9.11. The van der Waals surface area contributed by atoms with Gasteiger partial charge < -0.3 is 9.47 Å². The maximum atomic E-state index is 11.8. The normalized spacial score (nSPS) is 10.2. The lowest BCUT2D eigenvalue weighted by Crippen LogP contribution is -2.14. The van der Waals surface area contributed by atoms with Crippen LogP contribution in [0.25, 0.3) is 0 Å². The van der Waals surface area contributed by atoms with Gasteiger partial charge in [0.15, 0.2) is 6.61 Å². The van der Waals surface area contributed by atoms with E-state index in [2.05, 4.69) is 15.9 Å². The van der Waals surface area contributed by atoms with Crippen LogP contribution in [-0.4, -0.2) is 25.5 Å². The number of Topliss-reactive ketones (excluding diaryl/α,β-unsaturated/α-hetero) is 1. The van der Waals surface area contributed by atoms with Crippen molar-refractivity contribution < 1.29 is 19.1 Å². The number of thiophene rings is 1. The molecule has 1 aromatic carbocycles. The molecule has 0 aliphatic rings.